The van der Waals surface area contributed by atoms with E-state index in [1.54, 1.807) is 6.20 Å². The third kappa shape index (κ3) is 3.03. The van der Waals surface area contributed by atoms with E-state index in [1.807, 2.05) is 18.5 Å². The van der Waals surface area contributed by atoms with Gasteiger partial charge in [-0.05, 0) is 42.5 Å². The molecule has 2 rings (SSSR count). The molecule has 0 spiro atoms. The Bertz CT molecular complexity index is 477. The lowest BCUT2D eigenvalue weighted by Gasteiger charge is -2.04. The summed E-state index contributed by atoms with van der Waals surface area (Å²) in [5.74, 6) is 0. The molecule has 0 aromatic carbocycles. The number of anilines is 1. The first-order valence-corrected chi connectivity index (χ1v) is 5.91. The summed E-state index contributed by atoms with van der Waals surface area (Å²) in [5, 5.41) is 0. The van der Waals surface area contributed by atoms with Crippen molar-refractivity contribution in [2.24, 2.45) is 0 Å². The largest absolute Gasteiger partial charge is 0.398 e. The minimum atomic E-state index is 0.810. The van der Waals surface area contributed by atoms with Gasteiger partial charge in [0, 0.05) is 30.0 Å². The van der Waals surface area contributed by atoms with Crippen LogP contribution in [0.2, 0.25) is 0 Å². The highest BCUT2D eigenvalue weighted by molar-refractivity contribution is 5.44. The lowest BCUT2D eigenvalue weighted by Crippen LogP contribution is -1.99. The molecule has 0 unspecified atom stereocenters. The maximum absolute atomic E-state index is 5.87. The Morgan fingerprint density at radius 3 is 2.65 bits per heavy atom. The first-order valence-electron chi connectivity index (χ1n) is 5.91. The van der Waals surface area contributed by atoms with Crippen molar-refractivity contribution in [3.8, 4) is 0 Å². The zero-order valence-electron chi connectivity index (χ0n) is 10.1. The Kier molecular flexibility index (Phi) is 3.70. The van der Waals surface area contributed by atoms with Gasteiger partial charge in [0.25, 0.3) is 0 Å². The van der Waals surface area contributed by atoms with Crippen molar-refractivity contribution in [2.75, 3.05) is 5.73 Å². The van der Waals surface area contributed by atoms with Crippen LogP contribution in [-0.2, 0) is 19.3 Å². The molecule has 17 heavy (non-hydrogen) atoms. The van der Waals surface area contributed by atoms with Gasteiger partial charge in [0.15, 0.2) is 0 Å². The van der Waals surface area contributed by atoms with Gasteiger partial charge >= 0.3 is 0 Å². The Morgan fingerprint density at radius 2 is 2.00 bits per heavy atom. The lowest BCUT2D eigenvalue weighted by atomic mass is 10.1. The zero-order chi connectivity index (χ0) is 12.1. The van der Waals surface area contributed by atoms with E-state index in [1.165, 1.54) is 5.56 Å². The summed E-state index contributed by atoms with van der Waals surface area (Å²) in [5.41, 5.74) is 10.1. The summed E-state index contributed by atoms with van der Waals surface area (Å²) < 4.78 is 0. The van der Waals surface area contributed by atoms with E-state index in [0.717, 1.165) is 36.2 Å². The second-order valence-corrected chi connectivity index (χ2v) is 4.09. The smallest absolute Gasteiger partial charge is 0.0407 e. The molecular formula is C14H17N3. The van der Waals surface area contributed by atoms with Crippen molar-refractivity contribution in [2.45, 2.75) is 26.2 Å². The molecule has 0 aliphatic rings. The summed E-state index contributed by atoms with van der Waals surface area (Å²) in [6.45, 7) is 2.13. The highest BCUT2D eigenvalue weighted by Gasteiger charge is 2.00. The Hall–Kier alpha value is -1.90. The number of nitrogen functional groups attached to an aromatic ring is 1. The van der Waals surface area contributed by atoms with E-state index < -0.39 is 0 Å². The third-order valence-electron chi connectivity index (χ3n) is 2.89. The van der Waals surface area contributed by atoms with Crippen molar-refractivity contribution >= 4 is 5.69 Å². The van der Waals surface area contributed by atoms with Crippen LogP contribution < -0.4 is 5.73 Å². The summed E-state index contributed by atoms with van der Waals surface area (Å²) >= 11 is 0. The molecule has 3 nitrogen and oxygen atoms in total. The average Bonchev–Trinajstić information content (AvgIpc) is 2.38. The number of aromatic nitrogens is 2. The summed E-state index contributed by atoms with van der Waals surface area (Å²) in [6, 6.07) is 6.06. The van der Waals surface area contributed by atoms with Gasteiger partial charge in [-0.1, -0.05) is 13.0 Å². The van der Waals surface area contributed by atoms with Crippen LogP contribution in [0, 0.1) is 0 Å². The van der Waals surface area contributed by atoms with E-state index in [4.69, 9.17) is 5.73 Å². The maximum Gasteiger partial charge on any atom is 0.0407 e. The number of rotatable bonds is 4. The van der Waals surface area contributed by atoms with Gasteiger partial charge in [-0.25, -0.2) is 0 Å². The van der Waals surface area contributed by atoms with Crippen LogP contribution in [0.3, 0.4) is 0 Å². The number of pyridine rings is 2. The van der Waals surface area contributed by atoms with Gasteiger partial charge in [-0.2, -0.15) is 0 Å². The van der Waals surface area contributed by atoms with E-state index >= 15 is 0 Å². The van der Waals surface area contributed by atoms with Crippen molar-refractivity contribution in [3.05, 3.63) is 53.6 Å². The zero-order valence-corrected chi connectivity index (χ0v) is 10.1. The van der Waals surface area contributed by atoms with Crippen LogP contribution in [0.25, 0.3) is 0 Å². The fourth-order valence-corrected chi connectivity index (χ4v) is 1.72. The Labute approximate surface area is 102 Å². The fraction of sp³-hybridized carbons (Fsp3) is 0.286. The standard InChI is InChI=1S/C14H17N3/c1-2-11-3-5-13(17-9-11)6-4-12-10-16-8-7-14(12)15/h3,5,7-10H,2,4,6H2,1H3,(H2,15,16). The second-order valence-electron chi connectivity index (χ2n) is 4.09. The monoisotopic (exact) mass is 227 g/mol. The van der Waals surface area contributed by atoms with Crippen molar-refractivity contribution < 1.29 is 0 Å². The van der Waals surface area contributed by atoms with Crippen molar-refractivity contribution in [1.29, 1.82) is 0 Å². The van der Waals surface area contributed by atoms with Gasteiger partial charge in [-0.3, -0.25) is 9.97 Å². The number of nitrogens with two attached hydrogens (primary N) is 1. The summed E-state index contributed by atoms with van der Waals surface area (Å²) in [6.07, 6.45) is 8.31. The van der Waals surface area contributed by atoms with Crippen LogP contribution >= 0.6 is 0 Å². The fourth-order valence-electron chi connectivity index (χ4n) is 1.72. The Balaban J connectivity index is 2.00. The minimum Gasteiger partial charge on any atom is -0.398 e. The van der Waals surface area contributed by atoms with Crippen molar-refractivity contribution in [1.82, 2.24) is 9.97 Å². The molecular weight excluding hydrogens is 210 g/mol. The molecule has 0 saturated heterocycles. The Morgan fingerprint density at radius 1 is 1.12 bits per heavy atom. The molecule has 0 radical (unpaired) electrons. The first-order chi connectivity index (χ1) is 8.29. The first kappa shape index (κ1) is 11.6. The number of hydrogen-bond donors (Lipinski definition) is 1. The SMILES string of the molecule is CCc1ccc(CCc2cnccc2N)nc1. The van der Waals surface area contributed by atoms with E-state index in [2.05, 4.69) is 29.0 Å². The van der Waals surface area contributed by atoms with Crippen molar-refractivity contribution in [3.63, 3.8) is 0 Å². The van der Waals surface area contributed by atoms with Crippen LogP contribution in [-0.4, -0.2) is 9.97 Å². The van der Waals surface area contributed by atoms with Gasteiger partial charge in [0.1, 0.15) is 0 Å². The molecule has 0 aliphatic heterocycles. The number of aryl methyl sites for hydroxylation is 3. The molecule has 0 saturated carbocycles. The molecule has 0 fully saturated rings. The van der Waals surface area contributed by atoms with Crippen LogP contribution in [0.5, 0.6) is 0 Å². The van der Waals surface area contributed by atoms with Gasteiger partial charge < -0.3 is 5.73 Å². The molecule has 2 N–H and O–H groups in total. The molecule has 2 aromatic heterocycles. The molecule has 3 heteroatoms. The van der Waals surface area contributed by atoms with Gasteiger partial charge in [0.05, 0.1) is 0 Å². The van der Waals surface area contributed by atoms with Crippen LogP contribution in [0.1, 0.15) is 23.7 Å². The molecule has 0 aliphatic carbocycles. The summed E-state index contributed by atoms with van der Waals surface area (Å²) in [7, 11) is 0. The molecule has 0 bridgehead atoms. The van der Waals surface area contributed by atoms with Crippen LogP contribution in [0.15, 0.2) is 36.8 Å². The molecule has 0 atom stereocenters. The van der Waals surface area contributed by atoms with Crippen LogP contribution in [0.4, 0.5) is 5.69 Å². The minimum absolute atomic E-state index is 0.810. The second kappa shape index (κ2) is 5.43. The molecule has 2 heterocycles. The highest BCUT2D eigenvalue weighted by atomic mass is 14.7. The molecule has 88 valence electrons. The molecule has 0 amide bonds. The van der Waals surface area contributed by atoms with E-state index in [9.17, 15) is 0 Å². The average molecular weight is 227 g/mol. The number of nitrogens with zero attached hydrogens (tertiary/aromatic N) is 2. The predicted octanol–water partition coefficient (Wildman–Crippen LogP) is 2.41. The topological polar surface area (TPSA) is 51.8 Å². The van der Waals surface area contributed by atoms with E-state index in [-0.39, 0.29) is 0 Å². The normalized spacial score (nSPS) is 10.4. The van der Waals surface area contributed by atoms with Gasteiger partial charge in [-0.15, -0.1) is 0 Å². The number of hydrogen-bond acceptors (Lipinski definition) is 3. The maximum atomic E-state index is 5.87. The van der Waals surface area contributed by atoms with E-state index in [0.29, 0.717) is 0 Å². The quantitative estimate of drug-likeness (QED) is 0.872. The van der Waals surface area contributed by atoms with Gasteiger partial charge in [0.2, 0.25) is 0 Å². The summed E-state index contributed by atoms with van der Waals surface area (Å²) in [4.78, 5) is 8.52. The lowest BCUT2D eigenvalue weighted by molar-refractivity contribution is 0.902. The highest BCUT2D eigenvalue weighted by Crippen LogP contribution is 2.12. The third-order valence-corrected chi connectivity index (χ3v) is 2.89. The predicted molar refractivity (Wildman–Crippen MR) is 69.7 cm³/mol. The molecule has 2 aromatic rings.